The van der Waals surface area contributed by atoms with E-state index < -0.39 is 9.84 Å². The van der Waals surface area contributed by atoms with Crippen LogP contribution in [0.5, 0.6) is 0 Å². The molecule has 0 aliphatic heterocycles. The normalized spacial score (nSPS) is 11.5. The van der Waals surface area contributed by atoms with Crippen LogP contribution in [-0.2, 0) is 16.4 Å². The van der Waals surface area contributed by atoms with Gasteiger partial charge < -0.3 is 5.32 Å². The molecule has 0 bridgehead atoms. The lowest BCUT2D eigenvalue weighted by Gasteiger charge is -2.07. The molecule has 0 spiro atoms. The Morgan fingerprint density at radius 2 is 1.79 bits per heavy atom. The molecular formula is C21H17N3O3S2. The summed E-state index contributed by atoms with van der Waals surface area (Å²) in [7, 11) is -3.62. The predicted molar refractivity (Wildman–Crippen MR) is 112 cm³/mol. The van der Waals surface area contributed by atoms with Crippen molar-refractivity contribution in [3.63, 3.8) is 0 Å². The first-order valence-electron chi connectivity index (χ1n) is 8.82. The number of pyridine rings is 2. The van der Waals surface area contributed by atoms with Gasteiger partial charge in [-0.25, -0.2) is 8.42 Å². The van der Waals surface area contributed by atoms with Gasteiger partial charge >= 0.3 is 0 Å². The molecule has 146 valence electrons. The molecule has 0 unspecified atom stereocenters. The lowest BCUT2D eigenvalue weighted by molar-refractivity contribution is 0.0955. The van der Waals surface area contributed by atoms with E-state index in [2.05, 4.69) is 15.3 Å². The quantitative estimate of drug-likeness (QED) is 0.528. The molecule has 0 radical (unpaired) electrons. The zero-order chi connectivity index (χ0) is 20.4. The highest BCUT2D eigenvalue weighted by Crippen LogP contribution is 2.24. The van der Waals surface area contributed by atoms with Gasteiger partial charge in [-0.15, -0.1) is 11.3 Å². The average molecular weight is 424 g/mol. The van der Waals surface area contributed by atoms with Gasteiger partial charge in [0.05, 0.1) is 19.4 Å². The molecule has 0 aliphatic rings. The number of rotatable bonds is 5. The molecule has 1 amide bonds. The summed E-state index contributed by atoms with van der Waals surface area (Å²) in [6.45, 7) is 2.10. The standard InChI is InChI=1S/C21H17N3O3S2/c1-14-2-5-18(12-23-14)29(26,27)17-6-3-15(4-7-17)11-24-21(25)19-10-16-8-9-22-13-20(16)28-19/h2-10,12-13H,11H2,1H3,(H,24,25). The Morgan fingerprint density at radius 3 is 2.48 bits per heavy atom. The Bertz CT molecular complexity index is 1250. The molecule has 1 N–H and O–H groups in total. The van der Waals surface area contributed by atoms with E-state index in [1.165, 1.54) is 17.5 Å². The molecular weight excluding hydrogens is 406 g/mol. The van der Waals surface area contributed by atoms with Crippen LogP contribution in [0.4, 0.5) is 0 Å². The van der Waals surface area contributed by atoms with E-state index in [1.54, 1.807) is 55.7 Å². The summed E-state index contributed by atoms with van der Waals surface area (Å²) in [6.07, 6.45) is 4.79. The van der Waals surface area contributed by atoms with Crippen LogP contribution in [0.1, 0.15) is 20.9 Å². The number of fused-ring (bicyclic) bond motifs is 1. The number of benzene rings is 1. The number of carbonyl (C=O) groups is 1. The largest absolute Gasteiger partial charge is 0.347 e. The van der Waals surface area contributed by atoms with Gasteiger partial charge in [-0.3, -0.25) is 14.8 Å². The van der Waals surface area contributed by atoms with Crippen molar-refractivity contribution in [3.05, 3.63) is 83.3 Å². The van der Waals surface area contributed by atoms with Crippen molar-refractivity contribution in [2.24, 2.45) is 0 Å². The third kappa shape index (κ3) is 4.03. The number of hydrogen-bond acceptors (Lipinski definition) is 6. The third-order valence-corrected chi connectivity index (χ3v) is 7.27. The van der Waals surface area contributed by atoms with Gasteiger partial charge in [0.1, 0.15) is 0 Å². The van der Waals surface area contributed by atoms with Crippen molar-refractivity contribution in [2.75, 3.05) is 0 Å². The van der Waals surface area contributed by atoms with Crippen molar-refractivity contribution in [1.82, 2.24) is 15.3 Å². The second kappa shape index (κ2) is 7.73. The summed E-state index contributed by atoms with van der Waals surface area (Å²) in [5, 5.41) is 3.85. The van der Waals surface area contributed by atoms with Gasteiger partial charge in [0.2, 0.25) is 9.84 Å². The predicted octanol–water partition coefficient (Wildman–Crippen LogP) is 3.76. The van der Waals surface area contributed by atoms with Crippen LogP contribution in [0, 0.1) is 6.92 Å². The van der Waals surface area contributed by atoms with Crippen LogP contribution >= 0.6 is 11.3 Å². The minimum absolute atomic E-state index is 0.156. The van der Waals surface area contributed by atoms with Gasteiger partial charge in [0, 0.05) is 30.8 Å². The second-order valence-electron chi connectivity index (χ2n) is 6.49. The highest BCUT2D eigenvalue weighted by molar-refractivity contribution is 7.91. The summed E-state index contributed by atoms with van der Waals surface area (Å²) in [5.41, 5.74) is 1.56. The topological polar surface area (TPSA) is 89.0 Å². The molecule has 1 aromatic carbocycles. The minimum Gasteiger partial charge on any atom is -0.347 e. The van der Waals surface area contributed by atoms with Gasteiger partial charge in [-0.2, -0.15) is 0 Å². The Labute approximate surface area is 172 Å². The number of aryl methyl sites for hydroxylation is 1. The highest BCUT2D eigenvalue weighted by atomic mass is 32.2. The van der Waals surface area contributed by atoms with Crippen molar-refractivity contribution in [3.8, 4) is 0 Å². The van der Waals surface area contributed by atoms with E-state index in [4.69, 9.17) is 0 Å². The molecule has 0 saturated heterocycles. The smallest absolute Gasteiger partial charge is 0.261 e. The van der Waals surface area contributed by atoms with Crippen molar-refractivity contribution >= 4 is 37.2 Å². The fraction of sp³-hybridized carbons (Fsp3) is 0.0952. The van der Waals surface area contributed by atoms with Gasteiger partial charge in [0.15, 0.2) is 0 Å². The molecule has 8 heteroatoms. The molecule has 3 heterocycles. The van der Waals surface area contributed by atoms with Crippen LogP contribution in [0.2, 0.25) is 0 Å². The molecule has 4 aromatic rings. The molecule has 0 atom stereocenters. The maximum Gasteiger partial charge on any atom is 0.261 e. The maximum absolute atomic E-state index is 12.7. The van der Waals surface area contributed by atoms with Crippen LogP contribution in [0.3, 0.4) is 0 Å². The van der Waals surface area contributed by atoms with E-state index in [-0.39, 0.29) is 15.7 Å². The number of sulfone groups is 1. The molecule has 29 heavy (non-hydrogen) atoms. The average Bonchev–Trinajstić information content (AvgIpc) is 3.17. The van der Waals surface area contributed by atoms with E-state index in [1.807, 2.05) is 12.1 Å². The summed E-state index contributed by atoms with van der Waals surface area (Å²) in [6, 6.07) is 13.4. The molecule has 0 fully saturated rings. The first kappa shape index (κ1) is 19.2. The monoisotopic (exact) mass is 423 g/mol. The molecule has 0 aliphatic carbocycles. The van der Waals surface area contributed by atoms with E-state index in [9.17, 15) is 13.2 Å². The third-order valence-electron chi connectivity index (χ3n) is 4.43. The van der Waals surface area contributed by atoms with Crippen molar-refractivity contribution in [2.45, 2.75) is 23.3 Å². The van der Waals surface area contributed by atoms with E-state index >= 15 is 0 Å². The van der Waals surface area contributed by atoms with Crippen LogP contribution < -0.4 is 5.32 Å². The lowest BCUT2D eigenvalue weighted by Crippen LogP contribution is -2.21. The van der Waals surface area contributed by atoms with Crippen molar-refractivity contribution < 1.29 is 13.2 Å². The highest BCUT2D eigenvalue weighted by Gasteiger charge is 2.18. The van der Waals surface area contributed by atoms with Crippen LogP contribution in [-0.4, -0.2) is 24.3 Å². The van der Waals surface area contributed by atoms with Gasteiger partial charge in [0.25, 0.3) is 5.91 Å². The van der Waals surface area contributed by atoms with Crippen LogP contribution in [0.15, 0.2) is 76.9 Å². The second-order valence-corrected chi connectivity index (χ2v) is 9.52. The zero-order valence-corrected chi connectivity index (χ0v) is 17.1. The molecule has 4 rings (SSSR count). The number of aromatic nitrogens is 2. The fourth-order valence-electron chi connectivity index (χ4n) is 2.80. The number of amides is 1. The van der Waals surface area contributed by atoms with Gasteiger partial charge in [-0.1, -0.05) is 12.1 Å². The number of nitrogens with zero attached hydrogens (tertiary/aromatic N) is 2. The molecule has 6 nitrogen and oxygen atoms in total. The Kier molecular flexibility index (Phi) is 5.12. The zero-order valence-electron chi connectivity index (χ0n) is 15.5. The fourth-order valence-corrected chi connectivity index (χ4v) is 4.95. The summed E-state index contributed by atoms with van der Waals surface area (Å²) in [5.74, 6) is -0.173. The Hall–Kier alpha value is -3.10. The number of hydrogen-bond donors (Lipinski definition) is 1. The van der Waals surface area contributed by atoms with E-state index in [0.717, 1.165) is 21.3 Å². The SMILES string of the molecule is Cc1ccc(S(=O)(=O)c2ccc(CNC(=O)c3cc4ccncc4s3)cc2)cn1. The Balaban J connectivity index is 1.45. The summed E-state index contributed by atoms with van der Waals surface area (Å²) >= 11 is 1.39. The molecule has 3 aromatic heterocycles. The van der Waals surface area contributed by atoms with Crippen LogP contribution in [0.25, 0.3) is 10.1 Å². The number of thiophene rings is 1. The molecule has 0 saturated carbocycles. The van der Waals surface area contributed by atoms with Gasteiger partial charge in [-0.05, 0) is 54.3 Å². The first-order valence-corrected chi connectivity index (χ1v) is 11.1. The minimum atomic E-state index is -3.62. The van der Waals surface area contributed by atoms with E-state index in [0.29, 0.717) is 11.4 Å². The first-order chi connectivity index (χ1) is 13.9. The summed E-state index contributed by atoms with van der Waals surface area (Å²) < 4.78 is 26.3. The summed E-state index contributed by atoms with van der Waals surface area (Å²) in [4.78, 5) is 21.5. The number of nitrogens with one attached hydrogen (secondary N) is 1. The number of carbonyl (C=O) groups excluding carboxylic acids is 1. The maximum atomic E-state index is 12.7. The Morgan fingerprint density at radius 1 is 1.03 bits per heavy atom. The lowest BCUT2D eigenvalue weighted by atomic mass is 10.2. The van der Waals surface area contributed by atoms with Crippen molar-refractivity contribution in [1.29, 1.82) is 0 Å².